The largest absolute Gasteiger partial charge is 0.381 e. The van der Waals surface area contributed by atoms with Gasteiger partial charge in [0.15, 0.2) is 0 Å². The van der Waals surface area contributed by atoms with Gasteiger partial charge >= 0.3 is 6.03 Å². The predicted octanol–water partition coefficient (Wildman–Crippen LogP) is 2.35. The summed E-state index contributed by atoms with van der Waals surface area (Å²) in [4.78, 5) is 13.7. The van der Waals surface area contributed by atoms with Gasteiger partial charge in [0.1, 0.15) is 0 Å². The molecule has 1 aliphatic carbocycles. The lowest BCUT2D eigenvalue weighted by atomic mass is 9.77. The summed E-state index contributed by atoms with van der Waals surface area (Å²) in [6.07, 6.45) is 9.92. The van der Waals surface area contributed by atoms with Crippen LogP contribution in [-0.4, -0.2) is 50.3 Å². The molecule has 128 valence electrons. The molecule has 22 heavy (non-hydrogen) atoms. The SMILES string of the molecule is CNC[C@H](C[C@H]1CC[C@H](OC)CC1)C1CCCCN1C(N)=O. The van der Waals surface area contributed by atoms with Crippen molar-refractivity contribution in [3.05, 3.63) is 0 Å². The van der Waals surface area contributed by atoms with Gasteiger partial charge in [-0.3, -0.25) is 0 Å². The molecule has 0 aromatic rings. The van der Waals surface area contributed by atoms with Crippen LogP contribution in [0.3, 0.4) is 0 Å². The second-order valence-corrected chi connectivity index (χ2v) is 7.03. The predicted molar refractivity (Wildman–Crippen MR) is 88.7 cm³/mol. The first kappa shape index (κ1) is 17.5. The Morgan fingerprint density at radius 1 is 1.27 bits per heavy atom. The zero-order valence-corrected chi connectivity index (χ0v) is 14.2. The zero-order chi connectivity index (χ0) is 15.9. The monoisotopic (exact) mass is 311 g/mol. The number of nitrogens with zero attached hydrogens (tertiary/aromatic N) is 1. The van der Waals surface area contributed by atoms with Crippen molar-refractivity contribution in [2.24, 2.45) is 17.6 Å². The third-order valence-corrected chi connectivity index (χ3v) is 5.61. The fourth-order valence-electron chi connectivity index (χ4n) is 4.39. The maximum Gasteiger partial charge on any atom is 0.315 e. The molecule has 1 heterocycles. The van der Waals surface area contributed by atoms with E-state index in [-0.39, 0.29) is 6.03 Å². The summed E-state index contributed by atoms with van der Waals surface area (Å²) < 4.78 is 5.48. The Morgan fingerprint density at radius 3 is 2.59 bits per heavy atom. The number of hydrogen-bond acceptors (Lipinski definition) is 3. The van der Waals surface area contributed by atoms with Crippen LogP contribution in [0.25, 0.3) is 0 Å². The normalized spacial score (nSPS) is 31.0. The maximum atomic E-state index is 11.8. The summed E-state index contributed by atoms with van der Waals surface area (Å²) in [5, 5.41) is 3.33. The molecule has 2 atom stereocenters. The lowest BCUT2D eigenvalue weighted by molar-refractivity contribution is 0.0468. The average molecular weight is 311 g/mol. The van der Waals surface area contributed by atoms with Crippen molar-refractivity contribution in [2.45, 2.75) is 63.5 Å². The Balaban J connectivity index is 1.95. The van der Waals surface area contributed by atoms with E-state index in [1.54, 1.807) is 0 Å². The van der Waals surface area contributed by atoms with Crippen molar-refractivity contribution in [1.82, 2.24) is 10.2 Å². The third-order valence-electron chi connectivity index (χ3n) is 5.61. The molecule has 1 saturated heterocycles. The van der Waals surface area contributed by atoms with Gasteiger partial charge in [0.05, 0.1) is 6.10 Å². The molecule has 2 fully saturated rings. The molecular weight excluding hydrogens is 278 g/mol. The number of nitrogens with two attached hydrogens (primary N) is 1. The van der Waals surface area contributed by atoms with Crippen molar-refractivity contribution >= 4 is 6.03 Å². The molecule has 2 aliphatic rings. The fraction of sp³-hybridized carbons (Fsp3) is 0.941. The molecule has 1 unspecified atom stereocenters. The Kier molecular flexibility index (Phi) is 6.96. The van der Waals surface area contributed by atoms with Crippen LogP contribution in [0.5, 0.6) is 0 Å². The standard InChI is InChI=1S/C17H33N3O2/c1-19-12-14(11-13-6-8-15(22-2)9-7-13)16-5-3-4-10-20(16)17(18)21/h13-16,19H,3-12H2,1-2H3,(H2,18,21)/t13-,14-,15-,16?/m0/s1. The van der Waals surface area contributed by atoms with Crippen LogP contribution >= 0.6 is 0 Å². The number of nitrogens with one attached hydrogen (secondary N) is 1. The number of primary amides is 1. The molecule has 0 bridgehead atoms. The van der Waals surface area contributed by atoms with Crippen LogP contribution in [0.4, 0.5) is 4.79 Å². The van der Waals surface area contributed by atoms with Crippen molar-refractivity contribution in [3.63, 3.8) is 0 Å². The Hall–Kier alpha value is -0.810. The fourth-order valence-corrected chi connectivity index (χ4v) is 4.39. The van der Waals surface area contributed by atoms with Gasteiger partial charge in [0.2, 0.25) is 0 Å². The van der Waals surface area contributed by atoms with Crippen molar-refractivity contribution in [3.8, 4) is 0 Å². The topological polar surface area (TPSA) is 67.6 Å². The highest BCUT2D eigenvalue weighted by molar-refractivity contribution is 5.72. The number of piperidine rings is 1. The lowest BCUT2D eigenvalue weighted by Crippen LogP contribution is -2.52. The van der Waals surface area contributed by atoms with Crippen LogP contribution in [0.1, 0.15) is 51.4 Å². The van der Waals surface area contributed by atoms with Gasteiger partial charge in [-0.2, -0.15) is 0 Å². The average Bonchev–Trinajstić information content (AvgIpc) is 2.55. The van der Waals surface area contributed by atoms with Gasteiger partial charge in [-0.15, -0.1) is 0 Å². The summed E-state index contributed by atoms with van der Waals surface area (Å²) >= 11 is 0. The summed E-state index contributed by atoms with van der Waals surface area (Å²) in [6.45, 7) is 1.80. The molecular formula is C17H33N3O2. The van der Waals surface area contributed by atoms with Crippen LogP contribution in [0.15, 0.2) is 0 Å². The molecule has 3 N–H and O–H groups in total. The van der Waals surface area contributed by atoms with E-state index in [1.807, 2.05) is 19.1 Å². The highest BCUT2D eigenvalue weighted by atomic mass is 16.5. The van der Waals surface area contributed by atoms with Crippen LogP contribution in [-0.2, 0) is 4.74 Å². The second kappa shape index (κ2) is 8.73. The zero-order valence-electron chi connectivity index (χ0n) is 14.2. The van der Waals surface area contributed by atoms with Crippen molar-refractivity contribution < 1.29 is 9.53 Å². The Morgan fingerprint density at radius 2 is 2.00 bits per heavy atom. The number of likely N-dealkylation sites (tertiary alicyclic amines) is 1. The molecule has 2 rings (SSSR count). The Labute approximate surface area is 134 Å². The van der Waals surface area contributed by atoms with Gasteiger partial charge in [-0.25, -0.2) is 4.79 Å². The van der Waals surface area contributed by atoms with E-state index < -0.39 is 0 Å². The summed E-state index contributed by atoms with van der Waals surface area (Å²) in [5.41, 5.74) is 5.61. The maximum absolute atomic E-state index is 11.8. The first-order chi connectivity index (χ1) is 10.7. The van der Waals surface area contributed by atoms with Crippen molar-refractivity contribution in [2.75, 3.05) is 27.2 Å². The van der Waals surface area contributed by atoms with Gasteiger partial charge in [0, 0.05) is 19.7 Å². The Bertz CT molecular complexity index is 343. The molecule has 0 aromatic heterocycles. The summed E-state index contributed by atoms with van der Waals surface area (Å²) in [6, 6.07) is 0.0766. The molecule has 2 amide bonds. The number of ether oxygens (including phenoxy) is 1. The van der Waals surface area contributed by atoms with Gasteiger partial charge in [0.25, 0.3) is 0 Å². The van der Waals surface area contributed by atoms with E-state index >= 15 is 0 Å². The number of methoxy groups -OCH3 is 1. The minimum Gasteiger partial charge on any atom is -0.381 e. The molecule has 1 saturated carbocycles. The van der Waals surface area contributed by atoms with Crippen LogP contribution < -0.4 is 11.1 Å². The highest BCUT2D eigenvalue weighted by Gasteiger charge is 2.33. The van der Waals surface area contributed by atoms with E-state index in [9.17, 15) is 4.79 Å². The number of carbonyl (C=O) groups is 1. The molecule has 0 radical (unpaired) electrons. The van der Waals surface area contributed by atoms with E-state index in [2.05, 4.69) is 5.32 Å². The third kappa shape index (κ3) is 4.59. The molecule has 5 heteroatoms. The van der Waals surface area contributed by atoms with E-state index in [0.717, 1.165) is 31.8 Å². The van der Waals surface area contributed by atoms with Gasteiger partial charge in [-0.05, 0) is 76.8 Å². The number of rotatable bonds is 6. The summed E-state index contributed by atoms with van der Waals surface area (Å²) in [7, 11) is 3.83. The minimum absolute atomic E-state index is 0.242. The first-order valence-corrected chi connectivity index (χ1v) is 8.89. The molecule has 1 aliphatic heterocycles. The van der Waals surface area contributed by atoms with Crippen LogP contribution in [0, 0.1) is 11.8 Å². The second-order valence-electron chi connectivity index (χ2n) is 7.03. The lowest BCUT2D eigenvalue weighted by Gasteiger charge is -2.41. The van der Waals surface area contributed by atoms with E-state index in [1.165, 1.54) is 38.5 Å². The quantitative estimate of drug-likeness (QED) is 0.791. The molecule has 0 aromatic carbocycles. The van der Waals surface area contributed by atoms with Gasteiger partial charge < -0.3 is 20.7 Å². The van der Waals surface area contributed by atoms with Crippen molar-refractivity contribution in [1.29, 1.82) is 0 Å². The first-order valence-electron chi connectivity index (χ1n) is 8.89. The number of amides is 2. The van der Waals surface area contributed by atoms with E-state index in [0.29, 0.717) is 18.1 Å². The smallest absolute Gasteiger partial charge is 0.315 e. The van der Waals surface area contributed by atoms with Crippen LogP contribution in [0.2, 0.25) is 0 Å². The number of carbonyl (C=O) groups excluding carboxylic acids is 1. The highest BCUT2D eigenvalue weighted by Crippen LogP contribution is 2.34. The number of urea groups is 1. The molecule has 5 nitrogen and oxygen atoms in total. The minimum atomic E-state index is -0.242. The molecule has 0 spiro atoms. The summed E-state index contributed by atoms with van der Waals surface area (Å²) in [5.74, 6) is 1.28. The van der Waals surface area contributed by atoms with Gasteiger partial charge in [-0.1, -0.05) is 0 Å². The van der Waals surface area contributed by atoms with E-state index in [4.69, 9.17) is 10.5 Å². The number of hydrogen-bond donors (Lipinski definition) is 2.